The Balaban J connectivity index is 0.000000202. The van der Waals surface area contributed by atoms with Gasteiger partial charge in [0.1, 0.15) is 11.1 Å². The minimum Gasteiger partial charge on any atom is -0.462 e. The molecule has 0 aliphatic heterocycles. The molecule has 8 rings (SSSR count). The van der Waals surface area contributed by atoms with Crippen LogP contribution >= 0.6 is 45.9 Å². The summed E-state index contributed by atoms with van der Waals surface area (Å²) in [7, 11) is 0. The number of esters is 1. The third-order valence-corrected chi connectivity index (χ3v) is 12.6. The second kappa shape index (κ2) is 18.4. The summed E-state index contributed by atoms with van der Waals surface area (Å²) in [6, 6.07) is 10.9. The summed E-state index contributed by atoms with van der Waals surface area (Å²) in [6.07, 6.45) is -6.46. The van der Waals surface area contributed by atoms with E-state index in [-0.39, 0.29) is 69.5 Å². The van der Waals surface area contributed by atoms with Gasteiger partial charge in [0.25, 0.3) is 11.8 Å². The summed E-state index contributed by atoms with van der Waals surface area (Å²) < 4.78 is 87.0. The Morgan fingerprint density at radius 1 is 0.676 bits per heavy atom. The Hall–Kier alpha value is -6.76. The molecule has 4 aromatic heterocycles. The van der Waals surface area contributed by atoms with E-state index in [0.717, 1.165) is 34.8 Å². The van der Waals surface area contributed by atoms with Crippen LogP contribution in [-0.2, 0) is 26.7 Å². The summed E-state index contributed by atoms with van der Waals surface area (Å²) in [6.45, 7) is 8.10. The second-order valence-electron chi connectivity index (χ2n) is 15.8. The molecular formula is C42H35Cl2F6N11O5S2. The number of nitrogens with one attached hydrogen (secondary N) is 6. The zero-order chi connectivity index (χ0) is 49.7. The van der Waals surface area contributed by atoms with Crippen molar-refractivity contribution < 1.29 is 50.3 Å². The average molecular weight is 1020 g/mol. The minimum atomic E-state index is -4.64. The molecule has 3 amide bonds. The highest BCUT2D eigenvalue weighted by Gasteiger charge is 2.38. The van der Waals surface area contributed by atoms with Gasteiger partial charge < -0.3 is 21.1 Å². The Labute approximate surface area is 397 Å². The van der Waals surface area contributed by atoms with Crippen LogP contribution in [0.15, 0.2) is 60.9 Å². The van der Waals surface area contributed by atoms with Gasteiger partial charge in [-0.05, 0) is 83.1 Å². The number of amides is 3. The predicted octanol–water partition coefficient (Wildman–Crippen LogP) is 10.6. The van der Waals surface area contributed by atoms with Crippen molar-refractivity contribution >= 4 is 133 Å². The first-order chi connectivity index (χ1) is 31.8. The maximum absolute atomic E-state index is 13.6. The molecule has 8 aromatic rings. The molecule has 0 bridgehead atoms. The molecule has 0 radical (unpaired) electrons. The molecular weight excluding hydrogens is 988 g/mol. The summed E-state index contributed by atoms with van der Waals surface area (Å²) in [5.41, 5.74) is 1.88. The molecule has 4 aromatic carbocycles. The maximum Gasteiger partial charge on any atom is 0.418 e. The van der Waals surface area contributed by atoms with E-state index in [0.29, 0.717) is 22.1 Å². The molecule has 0 unspecified atom stereocenters. The van der Waals surface area contributed by atoms with Gasteiger partial charge in [0, 0.05) is 22.1 Å². The van der Waals surface area contributed by atoms with E-state index in [9.17, 15) is 45.5 Å². The number of carbonyl (C=O) groups excluding carboxylic acids is 4. The highest BCUT2D eigenvalue weighted by molar-refractivity contribution is 7.23. The summed E-state index contributed by atoms with van der Waals surface area (Å²) in [4.78, 5) is 57.7. The van der Waals surface area contributed by atoms with E-state index in [1.54, 1.807) is 46.8 Å². The number of fused-ring (bicyclic) bond motifs is 6. The number of primary amides is 1. The number of H-pyrrole nitrogens is 2. The van der Waals surface area contributed by atoms with Gasteiger partial charge in [0.05, 0.1) is 82.8 Å². The van der Waals surface area contributed by atoms with Crippen LogP contribution in [0.5, 0.6) is 0 Å². The van der Waals surface area contributed by atoms with Crippen molar-refractivity contribution in [3.63, 3.8) is 0 Å². The van der Waals surface area contributed by atoms with Gasteiger partial charge in [-0.3, -0.25) is 35.2 Å². The van der Waals surface area contributed by atoms with Crippen molar-refractivity contribution in [3.8, 4) is 0 Å². The second-order valence-corrected chi connectivity index (χ2v) is 18.6. The largest absolute Gasteiger partial charge is 0.462 e. The van der Waals surface area contributed by atoms with Crippen LogP contribution in [0.25, 0.3) is 42.2 Å². The standard InChI is InChI=1S/C22H19ClF3N5O3S.C20H16ClF3N6O2S/c1-4-34-18(32)11-7-10(5-6-14(11)23)30-21(2,3)19(33)29-20-28-16-13(22(24,25)26)8-15-12(9-27-31-15)17(16)35-20;1-19(2,29-8-3-4-12(21)9(5-8)16(25)31)17(32)28-18-27-14-11(20(22,23)24)6-13-10(7-26-30-13)15(14)33-18/h5-9,30H,4H2,1-3H3,(H,27,31)(H,28,29,33);3-7,29H,1-2H3,(H2,25,31)(H,26,30)(H,27,28,32). The molecule has 0 aliphatic carbocycles. The fraction of sp³-hybridized carbons (Fsp3) is 0.238. The molecule has 8 N–H and O–H groups in total. The van der Waals surface area contributed by atoms with Crippen molar-refractivity contribution in [2.24, 2.45) is 5.73 Å². The number of benzene rings is 4. The third kappa shape index (κ3) is 10.2. The Bertz CT molecular complexity index is 3290. The number of carbonyl (C=O) groups is 4. The van der Waals surface area contributed by atoms with E-state index in [1.807, 2.05) is 0 Å². The zero-order valence-electron chi connectivity index (χ0n) is 35.7. The zero-order valence-corrected chi connectivity index (χ0v) is 38.9. The first-order valence-electron chi connectivity index (χ1n) is 19.7. The van der Waals surface area contributed by atoms with Gasteiger partial charge in [0.15, 0.2) is 10.3 Å². The van der Waals surface area contributed by atoms with E-state index in [4.69, 9.17) is 33.7 Å². The van der Waals surface area contributed by atoms with Gasteiger partial charge >= 0.3 is 18.3 Å². The number of ether oxygens (including phenoxy) is 1. The highest BCUT2D eigenvalue weighted by Crippen LogP contribution is 2.43. The Morgan fingerprint density at radius 2 is 1.09 bits per heavy atom. The molecule has 0 fully saturated rings. The molecule has 0 atom stereocenters. The lowest BCUT2D eigenvalue weighted by atomic mass is 10.0. The fourth-order valence-electron chi connectivity index (χ4n) is 6.61. The van der Waals surface area contributed by atoms with E-state index in [1.165, 1.54) is 36.7 Å². The molecule has 0 aliphatic rings. The minimum absolute atomic E-state index is 0.00185. The van der Waals surface area contributed by atoms with E-state index >= 15 is 0 Å². The normalized spacial score (nSPS) is 12.2. The van der Waals surface area contributed by atoms with Crippen LogP contribution in [0.1, 0.15) is 66.5 Å². The number of hydrogen-bond donors (Lipinski definition) is 7. The summed E-state index contributed by atoms with van der Waals surface area (Å²) >= 11 is 13.9. The molecule has 0 spiro atoms. The third-order valence-electron chi connectivity index (χ3n) is 9.96. The maximum atomic E-state index is 13.6. The number of aromatic nitrogens is 6. The number of rotatable bonds is 11. The van der Waals surface area contributed by atoms with Crippen LogP contribution in [-0.4, -0.2) is 71.7 Å². The molecule has 68 heavy (non-hydrogen) atoms. The lowest BCUT2D eigenvalue weighted by molar-refractivity contribution is -0.137. The first kappa shape index (κ1) is 49.2. The predicted molar refractivity (Wildman–Crippen MR) is 249 cm³/mol. The smallest absolute Gasteiger partial charge is 0.418 e. The van der Waals surface area contributed by atoms with Crippen LogP contribution in [0.2, 0.25) is 10.0 Å². The van der Waals surface area contributed by atoms with E-state index < -0.39 is 58.2 Å². The fourth-order valence-corrected chi connectivity index (χ4v) is 9.01. The molecule has 4 heterocycles. The Morgan fingerprint density at radius 3 is 1.49 bits per heavy atom. The number of aromatic amines is 2. The van der Waals surface area contributed by atoms with Gasteiger partial charge in [0.2, 0.25) is 5.91 Å². The van der Waals surface area contributed by atoms with Crippen molar-refractivity contribution in [2.75, 3.05) is 27.9 Å². The summed E-state index contributed by atoms with van der Waals surface area (Å²) in [5.74, 6) is -2.45. The topological polar surface area (TPSA) is 235 Å². The van der Waals surface area contributed by atoms with Crippen molar-refractivity contribution in [3.05, 3.63) is 93.2 Å². The quantitative estimate of drug-likeness (QED) is 0.0475. The van der Waals surface area contributed by atoms with Crippen LogP contribution in [0.4, 0.5) is 48.0 Å². The number of nitrogens with zero attached hydrogens (tertiary/aromatic N) is 4. The number of halogens is 8. The highest BCUT2D eigenvalue weighted by atomic mass is 35.5. The van der Waals surface area contributed by atoms with Crippen molar-refractivity contribution in [1.29, 1.82) is 0 Å². The number of anilines is 4. The van der Waals surface area contributed by atoms with Gasteiger partial charge in [-0.2, -0.15) is 36.5 Å². The van der Waals surface area contributed by atoms with E-state index in [2.05, 4.69) is 51.6 Å². The SMILES string of the molecule is CC(C)(Nc1ccc(Cl)c(C(N)=O)c1)C(=O)Nc1nc2c(C(F)(F)F)cc3[nH]ncc3c2s1.CCOC(=O)c1cc(NC(C)(C)C(=O)Nc2nc3c(C(F)(F)F)cc4[nH]ncc4c3s2)ccc1Cl. The van der Waals surface area contributed by atoms with Gasteiger partial charge in [-0.25, -0.2) is 14.8 Å². The molecule has 16 nitrogen and oxygen atoms in total. The lowest BCUT2D eigenvalue weighted by Gasteiger charge is -2.26. The van der Waals surface area contributed by atoms with Crippen LogP contribution < -0.4 is 27.0 Å². The molecule has 0 saturated heterocycles. The van der Waals surface area contributed by atoms with Gasteiger partial charge in [-0.1, -0.05) is 45.9 Å². The summed E-state index contributed by atoms with van der Waals surface area (Å²) in [5, 5.41) is 25.1. The van der Waals surface area contributed by atoms with Crippen LogP contribution in [0, 0.1) is 0 Å². The number of nitrogens with two attached hydrogens (primary N) is 1. The molecule has 356 valence electrons. The Kier molecular flexibility index (Phi) is 13.3. The van der Waals surface area contributed by atoms with Crippen molar-refractivity contribution in [2.45, 2.75) is 58.0 Å². The number of alkyl halides is 6. The van der Waals surface area contributed by atoms with Crippen molar-refractivity contribution in [1.82, 2.24) is 30.4 Å². The first-order valence-corrected chi connectivity index (χ1v) is 22.1. The number of thiazole rings is 2. The lowest BCUT2D eigenvalue weighted by Crippen LogP contribution is -2.44. The number of hydrogen-bond acceptors (Lipinski definition) is 13. The molecule has 26 heteroatoms. The monoisotopic (exact) mass is 1020 g/mol. The van der Waals surface area contributed by atoms with Crippen LogP contribution in [0.3, 0.4) is 0 Å². The van der Waals surface area contributed by atoms with Gasteiger partial charge in [-0.15, -0.1) is 0 Å². The molecule has 0 saturated carbocycles. The average Bonchev–Trinajstić information content (AvgIpc) is 4.07.